The van der Waals surface area contributed by atoms with Gasteiger partial charge in [-0.25, -0.2) is 4.39 Å². The Morgan fingerprint density at radius 3 is 2.06 bits per heavy atom. The van der Waals surface area contributed by atoms with Crippen LogP contribution < -0.4 is 9.79 Å². The summed E-state index contributed by atoms with van der Waals surface area (Å²) in [5.74, 6) is 0. The number of hydrogen-bond donors (Lipinski definition) is 0. The molecule has 0 aromatic carbocycles. The van der Waals surface area contributed by atoms with Crippen molar-refractivity contribution in [2.24, 2.45) is 0 Å². The summed E-state index contributed by atoms with van der Waals surface area (Å²) in [5.41, 5.74) is -2.63. The van der Waals surface area contributed by atoms with Gasteiger partial charge in [-0.05, 0) is 19.8 Å². The molecule has 0 aliphatic heterocycles. The van der Waals surface area contributed by atoms with Crippen molar-refractivity contribution < 1.29 is 31.9 Å². The third-order valence-corrected chi connectivity index (χ3v) is 5.37. The van der Waals surface area contributed by atoms with Gasteiger partial charge in [0.15, 0.2) is 0 Å². The Labute approximate surface area is 96.4 Å². The molecule has 102 valence electrons. The van der Waals surface area contributed by atoms with Gasteiger partial charge in [-0.1, -0.05) is 20.4 Å². The highest BCUT2D eigenvalue weighted by molar-refractivity contribution is 7.50. The molecule has 0 bridgehead atoms. The smallest absolute Gasteiger partial charge is 0.390 e. The molecule has 0 saturated heterocycles. The Balaban J connectivity index is 3.23. The molecule has 2 atom stereocenters. The highest BCUT2D eigenvalue weighted by atomic mass is 31.2. The molecule has 0 N–H and O–H groups in total. The molecule has 0 spiro atoms. The van der Waals surface area contributed by atoms with Gasteiger partial charge < -0.3 is 14.4 Å². The molecule has 1 saturated carbocycles. The van der Waals surface area contributed by atoms with E-state index in [-0.39, 0.29) is 19.3 Å². The zero-order chi connectivity index (χ0) is 13.5. The molecule has 1 fully saturated rings. The Morgan fingerprint density at radius 1 is 1.24 bits per heavy atom. The lowest BCUT2D eigenvalue weighted by molar-refractivity contribution is -0.329. The van der Waals surface area contributed by atoms with Gasteiger partial charge in [0.1, 0.15) is 5.67 Å². The molecule has 0 amide bonds. The highest BCUT2D eigenvalue weighted by Crippen LogP contribution is 2.62. The minimum atomic E-state index is -5.69. The van der Waals surface area contributed by atoms with Crippen LogP contribution in [0.1, 0.15) is 39.0 Å². The van der Waals surface area contributed by atoms with Gasteiger partial charge in [0.25, 0.3) is 0 Å². The Hall–Kier alpha value is -0.130. The first-order valence-electron chi connectivity index (χ1n) is 5.19. The fourth-order valence-corrected chi connectivity index (χ4v) is 3.98. The molecule has 0 aromatic heterocycles. The lowest BCUT2D eigenvalue weighted by atomic mass is 9.75. The van der Waals surface area contributed by atoms with Crippen LogP contribution in [-0.4, -0.2) is 17.0 Å². The quantitative estimate of drug-likeness (QED) is 0.571. The van der Waals surface area contributed by atoms with Gasteiger partial charge in [-0.2, -0.15) is 13.2 Å². The summed E-state index contributed by atoms with van der Waals surface area (Å²) in [6.45, 7) is 0.778. The average molecular weight is 276 g/mol. The number of hydrogen-bond acceptors (Lipinski definition) is 3. The standard InChI is InChI=1S/C9H15F4O3P/c1-7(10)4-2-3-5-8(7,17(14,15)16)6-9(11,12)13/h2-6H2,1H3,(H2,14,15,16)/p-2. The summed E-state index contributed by atoms with van der Waals surface area (Å²) in [5, 5.41) is -2.85. The summed E-state index contributed by atoms with van der Waals surface area (Å²) >= 11 is 0. The molecule has 1 aliphatic carbocycles. The van der Waals surface area contributed by atoms with Crippen LogP contribution in [0.15, 0.2) is 0 Å². The Morgan fingerprint density at radius 2 is 1.71 bits per heavy atom. The molecule has 8 heteroatoms. The maximum absolute atomic E-state index is 14.1. The van der Waals surface area contributed by atoms with E-state index in [0.717, 1.165) is 6.92 Å². The van der Waals surface area contributed by atoms with E-state index in [9.17, 15) is 31.9 Å². The molecule has 0 aromatic rings. The van der Waals surface area contributed by atoms with Gasteiger partial charge in [0.05, 0.1) is 6.42 Å². The first-order valence-corrected chi connectivity index (χ1v) is 6.73. The molecule has 2 unspecified atom stereocenters. The van der Waals surface area contributed by atoms with E-state index in [1.807, 2.05) is 0 Å². The zero-order valence-electron chi connectivity index (χ0n) is 9.22. The molecule has 17 heavy (non-hydrogen) atoms. The van der Waals surface area contributed by atoms with Gasteiger partial charge in [-0.15, -0.1) is 0 Å². The van der Waals surface area contributed by atoms with Crippen LogP contribution in [0.4, 0.5) is 17.6 Å². The van der Waals surface area contributed by atoms with E-state index in [1.165, 1.54) is 0 Å². The second-order valence-corrected chi connectivity index (χ2v) is 6.58. The van der Waals surface area contributed by atoms with Crippen LogP contribution in [0.5, 0.6) is 0 Å². The number of rotatable bonds is 2. The third-order valence-electron chi connectivity index (χ3n) is 3.47. The van der Waals surface area contributed by atoms with Gasteiger partial charge in [-0.3, -0.25) is 0 Å². The molecular formula is C9H13F4O3P-2. The SMILES string of the molecule is CC1(F)CCCCC1(CC(F)(F)F)P(=O)([O-])[O-]. The minimum Gasteiger partial charge on any atom is -0.810 e. The fraction of sp³-hybridized carbons (Fsp3) is 1.00. The average Bonchev–Trinajstić information content (AvgIpc) is 2.04. The van der Waals surface area contributed by atoms with Crippen molar-refractivity contribution in [3.05, 3.63) is 0 Å². The van der Waals surface area contributed by atoms with Crippen molar-refractivity contribution in [1.29, 1.82) is 0 Å². The van der Waals surface area contributed by atoms with Crippen molar-refractivity contribution >= 4 is 7.60 Å². The molecule has 1 rings (SSSR count). The lowest BCUT2D eigenvalue weighted by Gasteiger charge is -2.58. The van der Waals surface area contributed by atoms with Crippen LogP contribution in [0, 0.1) is 0 Å². The number of alkyl halides is 4. The van der Waals surface area contributed by atoms with Crippen LogP contribution in [-0.2, 0) is 4.57 Å². The number of halogens is 4. The first kappa shape index (κ1) is 14.9. The van der Waals surface area contributed by atoms with Crippen molar-refractivity contribution in [3.63, 3.8) is 0 Å². The van der Waals surface area contributed by atoms with Crippen LogP contribution in [0.25, 0.3) is 0 Å². The zero-order valence-corrected chi connectivity index (χ0v) is 10.1. The Bertz CT molecular complexity index is 336. The summed E-state index contributed by atoms with van der Waals surface area (Å²) in [7, 11) is -5.69. The normalized spacial score (nSPS) is 35.9. The largest absolute Gasteiger partial charge is 0.810 e. The fourth-order valence-electron chi connectivity index (χ4n) is 2.49. The second kappa shape index (κ2) is 4.21. The van der Waals surface area contributed by atoms with E-state index < -0.39 is 37.4 Å². The van der Waals surface area contributed by atoms with Crippen molar-refractivity contribution in [2.75, 3.05) is 0 Å². The Kier molecular flexibility index (Phi) is 3.70. The topological polar surface area (TPSA) is 63.2 Å². The van der Waals surface area contributed by atoms with Gasteiger partial charge in [0, 0.05) is 5.16 Å². The summed E-state index contributed by atoms with van der Waals surface area (Å²) in [6.07, 6.45) is -7.29. The predicted molar refractivity (Wildman–Crippen MR) is 49.0 cm³/mol. The van der Waals surface area contributed by atoms with Crippen LogP contribution >= 0.6 is 7.60 Å². The summed E-state index contributed by atoms with van der Waals surface area (Å²) < 4.78 is 62.5. The molecule has 1 aliphatic rings. The van der Waals surface area contributed by atoms with Crippen molar-refractivity contribution in [2.45, 2.75) is 56.0 Å². The van der Waals surface area contributed by atoms with Gasteiger partial charge >= 0.3 is 6.18 Å². The van der Waals surface area contributed by atoms with E-state index in [0.29, 0.717) is 0 Å². The highest BCUT2D eigenvalue weighted by Gasteiger charge is 2.57. The molecule has 0 radical (unpaired) electrons. The van der Waals surface area contributed by atoms with Gasteiger partial charge in [0.2, 0.25) is 0 Å². The lowest BCUT2D eigenvalue weighted by Crippen LogP contribution is -2.57. The van der Waals surface area contributed by atoms with E-state index >= 15 is 0 Å². The minimum absolute atomic E-state index is 0.115. The summed E-state index contributed by atoms with van der Waals surface area (Å²) in [6, 6.07) is 0. The maximum Gasteiger partial charge on any atom is 0.390 e. The molecule has 3 nitrogen and oxygen atoms in total. The summed E-state index contributed by atoms with van der Waals surface area (Å²) in [4.78, 5) is 22.3. The second-order valence-electron chi connectivity index (χ2n) is 4.73. The molecule has 0 heterocycles. The van der Waals surface area contributed by atoms with Crippen molar-refractivity contribution in [3.8, 4) is 0 Å². The van der Waals surface area contributed by atoms with E-state index in [1.54, 1.807) is 0 Å². The van der Waals surface area contributed by atoms with Crippen LogP contribution in [0.3, 0.4) is 0 Å². The van der Waals surface area contributed by atoms with Crippen LogP contribution in [0.2, 0.25) is 0 Å². The third kappa shape index (κ3) is 2.83. The maximum atomic E-state index is 14.1. The van der Waals surface area contributed by atoms with Crippen molar-refractivity contribution in [1.82, 2.24) is 0 Å². The molecular weight excluding hydrogens is 263 g/mol. The monoisotopic (exact) mass is 276 g/mol. The first-order chi connectivity index (χ1) is 7.41. The predicted octanol–water partition coefficient (Wildman–Crippen LogP) is 1.89. The van der Waals surface area contributed by atoms with E-state index in [2.05, 4.69) is 0 Å². The van der Waals surface area contributed by atoms with E-state index in [4.69, 9.17) is 0 Å².